The number of nitrogens with zero attached hydrogens (tertiary/aromatic N) is 1. The lowest BCUT2D eigenvalue weighted by atomic mass is 10.1. The highest BCUT2D eigenvalue weighted by molar-refractivity contribution is 14.1. The van der Waals surface area contributed by atoms with E-state index in [0.29, 0.717) is 0 Å². The molecule has 0 saturated carbocycles. The Balaban J connectivity index is 1.77. The summed E-state index contributed by atoms with van der Waals surface area (Å²) in [6.07, 6.45) is 0. The maximum atomic E-state index is 2.52. The summed E-state index contributed by atoms with van der Waals surface area (Å²) in [5, 5.41) is 0. The van der Waals surface area contributed by atoms with Crippen molar-refractivity contribution >= 4 is 22.6 Å². The maximum absolute atomic E-state index is 2.52. The van der Waals surface area contributed by atoms with Gasteiger partial charge in [0.1, 0.15) is 0 Å². The van der Waals surface area contributed by atoms with Crippen molar-refractivity contribution in [1.29, 1.82) is 0 Å². The van der Waals surface area contributed by atoms with Gasteiger partial charge in [-0.3, -0.25) is 4.90 Å². The fraction of sp³-hybridized carbons (Fsp3) is 0.250. The monoisotopic (exact) mass is 349 g/mol. The number of aryl methyl sites for hydroxylation is 1. The van der Waals surface area contributed by atoms with Crippen LogP contribution in [0.1, 0.15) is 22.3 Å². The summed E-state index contributed by atoms with van der Waals surface area (Å²) in [7, 11) is 0. The molecular weight excluding hydrogens is 333 g/mol. The standard InChI is InChI=1S/C16H16IN/c1-12-4-2-5-13(8-12)9-18-10-14-6-3-7-16(17)15(14)11-18/h2-8H,9-11H2,1H3. The van der Waals surface area contributed by atoms with E-state index in [1.807, 2.05) is 0 Å². The Kier molecular flexibility index (Phi) is 3.39. The van der Waals surface area contributed by atoms with E-state index in [2.05, 4.69) is 76.9 Å². The molecule has 1 aliphatic heterocycles. The molecule has 2 aromatic rings. The lowest BCUT2D eigenvalue weighted by molar-refractivity contribution is 0.275. The van der Waals surface area contributed by atoms with Crippen molar-refractivity contribution in [1.82, 2.24) is 4.90 Å². The fourth-order valence-electron chi connectivity index (χ4n) is 2.63. The van der Waals surface area contributed by atoms with Crippen molar-refractivity contribution in [3.63, 3.8) is 0 Å². The topological polar surface area (TPSA) is 3.24 Å². The molecule has 0 N–H and O–H groups in total. The SMILES string of the molecule is Cc1cccc(CN2Cc3cccc(I)c3C2)c1. The molecule has 0 amide bonds. The van der Waals surface area contributed by atoms with Crippen molar-refractivity contribution in [3.8, 4) is 0 Å². The molecule has 3 rings (SSSR count). The van der Waals surface area contributed by atoms with Gasteiger partial charge in [0.2, 0.25) is 0 Å². The molecule has 2 aromatic carbocycles. The van der Waals surface area contributed by atoms with E-state index in [4.69, 9.17) is 0 Å². The largest absolute Gasteiger partial charge is 0.291 e. The zero-order valence-corrected chi connectivity index (χ0v) is 12.6. The molecule has 0 unspecified atom stereocenters. The predicted octanol–water partition coefficient (Wildman–Crippen LogP) is 4.12. The van der Waals surface area contributed by atoms with Crippen LogP contribution in [0.5, 0.6) is 0 Å². The molecule has 92 valence electrons. The second-order valence-corrected chi connectivity index (χ2v) is 6.17. The van der Waals surface area contributed by atoms with Gasteiger partial charge in [-0.2, -0.15) is 0 Å². The molecule has 1 aliphatic rings. The van der Waals surface area contributed by atoms with E-state index in [9.17, 15) is 0 Å². The van der Waals surface area contributed by atoms with E-state index in [1.54, 1.807) is 0 Å². The highest BCUT2D eigenvalue weighted by Gasteiger charge is 2.20. The molecule has 1 nitrogen and oxygen atoms in total. The quantitative estimate of drug-likeness (QED) is 0.738. The van der Waals surface area contributed by atoms with Gasteiger partial charge in [0.15, 0.2) is 0 Å². The van der Waals surface area contributed by atoms with Crippen LogP contribution < -0.4 is 0 Å². The van der Waals surface area contributed by atoms with Crippen LogP contribution in [0.25, 0.3) is 0 Å². The third-order valence-electron chi connectivity index (χ3n) is 3.48. The van der Waals surface area contributed by atoms with E-state index in [-0.39, 0.29) is 0 Å². The Hall–Kier alpha value is -0.870. The van der Waals surface area contributed by atoms with E-state index < -0.39 is 0 Å². The minimum absolute atomic E-state index is 1.05. The summed E-state index contributed by atoms with van der Waals surface area (Å²) in [6, 6.07) is 15.4. The first-order valence-corrected chi connectivity index (χ1v) is 7.34. The highest BCUT2D eigenvalue weighted by Crippen LogP contribution is 2.28. The van der Waals surface area contributed by atoms with E-state index >= 15 is 0 Å². The average Bonchev–Trinajstić information content (AvgIpc) is 2.73. The third-order valence-corrected chi connectivity index (χ3v) is 4.49. The van der Waals surface area contributed by atoms with Crippen molar-refractivity contribution in [2.75, 3.05) is 0 Å². The summed E-state index contributed by atoms with van der Waals surface area (Å²) in [6.45, 7) is 5.38. The minimum atomic E-state index is 1.05. The molecule has 0 radical (unpaired) electrons. The number of hydrogen-bond donors (Lipinski definition) is 0. The predicted molar refractivity (Wildman–Crippen MR) is 83.3 cm³/mol. The zero-order valence-electron chi connectivity index (χ0n) is 10.5. The van der Waals surface area contributed by atoms with Crippen molar-refractivity contribution < 1.29 is 0 Å². The van der Waals surface area contributed by atoms with Crippen molar-refractivity contribution in [2.45, 2.75) is 26.6 Å². The van der Waals surface area contributed by atoms with Gasteiger partial charge in [0.05, 0.1) is 0 Å². The summed E-state index contributed by atoms with van der Waals surface area (Å²) in [5.41, 5.74) is 5.77. The van der Waals surface area contributed by atoms with Gasteiger partial charge < -0.3 is 0 Å². The molecule has 0 saturated heterocycles. The van der Waals surface area contributed by atoms with Gasteiger partial charge in [-0.05, 0) is 52.3 Å². The molecule has 0 fully saturated rings. The maximum Gasteiger partial charge on any atom is 0.0254 e. The van der Waals surface area contributed by atoms with Crippen molar-refractivity contribution in [2.24, 2.45) is 0 Å². The fourth-order valence-corrected chi connectivity index (χ4v) is 3.35. The summed E-state index contributed by atoms with van der Waals surface area (Å²) in [5.74, 6) is 0. The minimum Gasteiger partial charge on any atom is -0.291 e. The Morgan fingerprint density at radius 2 is 1.94 bits per heavy atom. The van der Waals surface area contributed by atoms with Crippen LogP contribution in [0.2, 0.25) is 0 Å². The first-order chi connectivity index (χ1) is 8.72. The number of rotatable bonds is 2. The van der Waals surface area contributed by atoms with Gasteiger partial charge in [0, 0.05) is 23.2 Å². The van der Waals surface area contributed by atoms with Crippen LogP contribution in [0.3, 0.4) is 0 Å². The molecule has 0 bridgehead atoms. The number of hydrogen-bond acceptors (Lipinski definition) is 1. The first-order valence-electron chi connectivity index (χ1n) is 6.26. The second-order valence-electron chi connectivity index (χ2n) is 5.01. The van der Waals surface area contributed by atoms with Gasteiger partial charge in [-0.25, -0.2) is 0 Å². The van der Waals surface area contributed by atoms with Gasteiger partial charge in [0.25, 0.3) is 0 Å². The van der Waals surface area contributed by atoms with Crippen molar-refractivity contribution in [3.05, 3.63) is 68.3 Å². The van der Waals surface area contributed by atoms with Crippen LogP contribution in [-0.2, 0) is 19.6 Å². The summed E-state index contributed by atoms with van der Waals surface area (Å²) in [4.78, 5) is 2.52. The summed E-state index contributed by atoms with van der Waals surface area (Å²) < 4.78 is 1.40. The van der Waals surface area contributed by atoms with Crippen LogP contribution in [-0.4, -0.2) is 4.90 Å². The van der Waals surface area contributed by atoms with E-state index in [0.717, 1.165) is 19.6 Å². The third kappa shape index (κ3) is 2.45. The Morgan fingerprint density at radius 3 is 2.72 bits per heavy atom. The Morgan fingerprint density at radius 1 is 1.11 bits per heavy atom. The molecule has 18 heavy (non-hydrogen) atoms. The lowest BCUT2D eigenvalue weighted by Gasteiger charge is -2.15. The molecule has 0 aromatic heterocycles. The second kappa shape index (κ2) is 5.02. The van der Waals surface area contributed by atoms with Crippen LogP contribution >= 0.6 is 22.6 Å². The smallest absolute Gasteiger partial charge is 0.0254 e. The van der Waals surface area contributed by atoms with Crippen LogP contribution in [0.15, 0.2) is 42.5 Å². The Bertz CT molecular complexity index is 577. The summed E-state index contributed by atoms with van der Waals surface area (Å²) >= 11 is 2.45. The Labute approximate surface area is 122 Å². The lowest BCUT2D eigenvalue weighted by Crippen LogP contribution is -2.15. The van der Waals surface area contributed by atoms with Gasteiger partial charge in [-0.15, -0.1) is 0 Å². The molecule has 0 aliphatic carbocycles. The van der Waals surface area contributed by atoms with E-state index in [1.165, 1.54) is 25.8 Å². The molecule has 1 heterocycles. The number of benzene rings is 2. The van der Waals surface area contributed by atoms with Gasteiger partial charge >= 0.3 is 0 Å². The van der Waals surface area contributed by atoms with Crippen LogP contribution in [0, 0.1) is 10.5 Å². The number of halogens is 1. The molecule has 2 heteroatoms. The zero-order chi connectivity index (χ0) is 12.5. The number of fused-ring (bicyclic) bond motifs is 1. The molecule has 0 atom stereocenters. The first kappa shape index (κ1) is 12.2. The average molecular weight is 349 g/mol. The molecular formula is C16H16IN. The van der Waals surface area contributed by atoms with Crippen LogP contribution in [0.4, 0.5) is 0 Å². The highest BCUT2D eigenvalue weighted by atomic mass is 127. The van der Waals surface area contributed by atoms with Gasteiger partial charge in [-0.1, -0.05) is 42.0 Å². The normalized spacial score (nSPS) is 14.8. The molecule has 0 spiro atoms.